The van der Waals surface area contributed by atoms with Crippen molar-refractivity contribution in [1.82, 2.24) is 10.2 Å². The highest BCUT2D eigenvalue weighted by molar-refractivity contribution is 6.05. The Labute approximate surface area is 169 Å². The molecule has 7 heteroatoms. The van der Waals surface area contributed by atoms with Crippen molar-refractivity contribution < 1.29 is 14.3 Å². The maximum Gasteiger partial charge on any atom is 0.255 e. The summed E-state index contributed by atoms with van der Waals surface area (Å²) in [6.45, 7) is 3.03. The summed E-state index contributed by atoms with van der Waals surface area (Å²) < 4.78 is 10.7. The summed E-state index contributed by atoms with van der Waals surface area (Å²) in [5, 5.41) is 11.6. The highest BCUT2D eigenvalue weighted by Crippen LogP contribution is 2.25. The Balaban J connectivity index is 1.51. The van der Waals surface area contributed by atoms with E-state index in [1.54, 1.807) is 25.3 Å². The molecule has 0 saturated carbocycles. The number of nitrogens with zero attached hydrogens (tertiary/aromatic N) is 3. The molecule has 0 spiro atoms. The lowest BCUT2D eigenvalue weighted by Crippen LogP contribution is -2.36. The van der Waals surface area contributed by atoms with E-state index in [2.05, 4.69) is 20.4 Å². The van der Waals surface area contributed by atoms with Crippen LogP contribution in [-0.2, 0) is 4.74 Å². The molecule has 1 N–H and O–H groups in total. The largest absolute Gasteiger partial charge is 0.495 e. The second-order valence-electron chi connectivity index (χ2n) is 6.61. The normalized spacial score (nSPS) is 13.8. The fourth-order valence-electron chi connectivity index (χ4n) is 3.20. The first kappa shape index (κ1) is 18.9. The number of aromatic nitrogens is 2. The van der Waals surface area contributed by atoms with Gasteiger partial charge in [-0.15, -0.1) is 10.2 Å². The van der Waals surface area contributed by atoms with E-state index in [-0.39, 0.29) is 5.91 Å². The molecule has 148 valence electrons. The molecule has 0 bridgehead atoms. The average molecular weight is 390 g/mol. The predicted octanol–water partition coefficient (Wildman–Crippen LogP) is 3.24. The second kappa shape index (κ2) is 8.70. The van der Waals surface area contributed by atoms with Gasteiger partial charge >= 0.3 is 0 Å². The van der Waals surface area contributed by atoms with Gasteiger partial charge in [-0.25, -0.2) is 0 Å². The van der Waals surface area contributed by atoms with Crippen LogP contribution in [0.15, 0.2) is 60.7 Å². The predicted molar refractivity (Wildman–Crippen MR) is 111 cm³/mol. The van der Waals surface area contributed by atoms with E-state index < -0.39 is 0 Å². The van der Waals surface area contributed by atoms with Gasteiger partial charge in [0.15, 0.2) is 5.82 Å². The van der Waals surface area contributed by atoms with E-state index in [1.165, 1.54) is 0 Å². The van der Waals surface area contributed by atoms with Gasteiger partial charge in [-0.05, 0) is 36.4 Å². The van der Waals surface area contributed by atoms with Crippen molar-refractivity contribution in [2.75, 3.05) is 43.6 Å². The molecule has 0 unspecified atom stereocenters. The maximum absolute atomic E-state index is 12.7. The van der Waals surface area contributed by atoms with E-state index in [0.717, 1.165) is 24.5 Å². The Kier molecular flexibility index (Phi) is 5.67. The third-order valence-electron chi connectivity index (χ3n) is 4.76. The summed E-state index contributed by atoms with van der Waals surface area (Å²) in [5.41, 5.74) is 2.71. The molecule has 29 heavy (non-hydrogen) atoms. The van der Waals surface area contributed by atoms with Gasteiger partial charge in [0.1, 0.15) is 5.75 Å². The van der Waals surface area contributed by atoms with Crippen molar-refractivity contribution in [2.45, 2.75) is 0 Å². The van der Waals surface area contributed by atoms with Crippen LogP contribution in [0.3, 0.4) is 0 Å². The molecule has 2 heterocycles. The van der Waals surface area contributed by atoms with Gasteiger partial charge in [0.05, 0.1) is 31.7 Å². The Bertz CT molecular complexity index is 985. The van der Waals surface area contributed by atoms with Gasteiger partial charge in [-0.1, -0.05) is 24.3 Å². The zero-order valence-electron chi connectivity index (χ0n) is 16.2. The summed E-state index contributed by atoms with van der Waals surface area (Å²) in [4.78, 5) is 14.9. The molecule has 1 aromatic heterocycles. The van der Waals surface area contributed by atoms with E-state index in [1.807, 2.05) is 42.5 Å². The van der Waals surface area contributed by atoms with Gasteiger partial charge in [-0.2, -0.15) is 0 Å². The van der Waals surface area contributed by atoms with E-state index in [4.69, 9.17) is 9.47 Å². The quantitative estimate of drug-likeness (QED) is 0.721. The number of para-hydroxylation sites is 2. The van der Waals surface area contributed by atoms with E-state index in [0.29, 0.717) is 35.9 Å². The monoisotopic (exact) mass is 390 g/mol. The van der Waals surface area contributed by atoms with Gasteiger partial charge in [-0.3, -0.25) is 4.79 Å². The van der Waals surface area contributed by atoms with Crippen LogP contribution in [0, 0.1) is 0 Å². The molecule has 0 aliphatic carbocycles. The Morgan fingerprint density at radius 2 is 1.86 bits per heavy atom. The number of anilines is 2. The molecular formula is C22H22N4O3. The lowest BCUT2D eigenvalue weighted by atomic mass is 10.1. The zero-order valence-corrected chi connectivity index (χ0v) is 16.2. The van der Waals surface area contributed by atoms with E-state index >= 15 is 0 Å². The molecule has 1 amide bonds. The van der Waals surface area contributed by atoms with E-state index in [9.17, 15) is 4.79 Å². The Morgan fingerprint density at radius 3 is 2.62 bits per heavy atom. The lowest BCUT2D eigenvalue weighted by Gasteiger charge is -2.27. The van der Waals surface area contributed by atoms with Crippen molar-refractivity contribution in [2.24, 2.45) is 0 Å². The van der Waals surface area contributed by atoms with Crippen LogP contribution in [0.1, 0.15) is 10.4 Å². The van der Waals surface area contributed by atoms with Crippen molar-refractivity contribution in [1.29, 1.82) is 0 Å². The summed E-state index contributed by atoms with van der Waals surface area (Å²) in [5.74, 6) is 1.23. The van der Waals surface area contributed by atoms with Crippen LogP contribution < -0.4 is 15.0 Å². The fraction of sp³-hybridized carbons (Fsp3) is 0.227. The molecule has 0 atom stereocenters. The number of carbonyl (C=O) groups is 1. The molecule has 3 aromatic rings. The molecule has 1 saturated heterocycles. The summed E-state index contributed by atoms with van der Waals surface area (Å²) in [6.07, 6.45) is 0. The number of nitrogens with one attached hydrogen (secondary N) is 1. The number of morpholine rings is 1. The number of rotatable bonds is 5. The number of hydrogen-bond acceptors (Lipinski definition) is 6. The average Bonchev–Trinajstić information content (AvgIpc) is 2.80. The number of amides is 1. The van der Waals surface area contributed by atoms with Gasteiger partial charge in [0.2, 0.25) is 0 Å². The minimum absolute atomic E-state index is 0.214. The molecule has 2 aromatic carbocycles. The van der Waals surface area contributed by atoms with Crippen molar-refractivity contribution in [3.8, 4) is 17.0 Å². The van der Waals surface area contributed by atoms with Gasteiger partial charge < -0.3 is 19.7 Å². The fourth-order valence-corrected chi connectivity index (χ4v) is 3.20. The van der Waals surface area contributed by atoms with Crippen molar-refractivity contribution in [3.63, 3.8) is 0 Å². The zero-order chi connectivity index (χ0) is 20.1. The third-order valence-corrected chi connectivity index (χ3v) is 4.76. The van der Waals surface area contributed by atoms with Gasteiger partial charge in [0, 0.05) is 24.2 Å². The topological polar surface area (TPSA) is 76.6 Å². The Hall–Kier alpha value is -3.45. The first-order valence-corrected chi connectivity index (χ1v) is 9.46. The van der Waals surface area contributed by atoms with Crippen LogP contribution in [0.4, 0.5) is 11.5 Å². The molecule has 7 nitrogen and oxygen atoms in total. The molecule has 1 fully saturated rings. The summed E-state index contributed by atoms with van der Waals surface area (Å²) >= 11 is 0. The summed E-state index contributed by atoms with van der Waals surface area (Å²) in [7, 11) is 1.57. The second-order valence-corrected chi connectivity index (χ2v) is 6.61. The minimum atomic E-state index is -0.214. The maximum atomic E-state index is 12.7. The summed E-state index contributed by atoms with van der Waals surface area (Å²) in [6, 6.07) is 18.5. The number of carbonyl (C=O) groups excluding carboxylic acids is 1. The number of benzene rings is 2. The van der Waals surface area contributed by atoms with Gasteiger partial charge in [0.25, 0.3) is 5.91 Å². The number of methoxy groups -OCH3 is 1. The SMILES string of the molecule is COc1ccccc1NC(=O)c1cccc(-c2ccc(N3CCOCC3)nn2)c1. The van der Waals surface area contributed by atoms with Crippen molar-refractivity contribution >= 4 is 17.4 Å². The molecule has 1 aliphatic rings. The molecule has 1 aliphatic heterocycles. The highest BCUT2D eigenvalue weighted by Gasteiger charge is 2.14. The third kappa shape index (κ3) is 4.35. The smallest absolute Gasteiger partial charge is 0.255 e. The number of hydrogen-bond donors (Lipinski definition) is 1. The van der Waals surface area contributed by atoms with Crippen LogP contribution >= 0.6 is 0 Å². The minimum Gasteiger partial charge on any atom is -0.495 e. The van der Waals surface area contributed by atoms with Crippen LogP contribution in [0.5, 0.6) is 5.75 Å². The Morgan fingerprint density at radius 1 is 1.03 bits per heavy atom. The highest BCUT2D eigenvalue weighted by atomic mass is 16.5. The first-order chi connectivity index (χ1) is 14.2. The number of ether oxygens (including phenoxy) is 2. The van der Waals surface area contributed by atoms with Crippen LogP contribution in [0.2, 0.25) is 0 Å². The molecule has 0 radical (unpaired) electrons. The van der Waals surface area contributed by atoms with Crippen LogP contribution in [-0.4, -0.2) is 49.5 Å². The lowest BCUT2D eigenvalue weighted by molar-refractivity contribution is 0.102. The van der Waals surface area contributed by atoms with Crippen LogP contribution in [0.25, 0.3) is 11.3 Å². The standard InChI is InChI=1S/C22H22N4O3/c1-28-20-8-3-2-7-19(20)23-22(27)17-6-4-5-16(15-17)18-9-10-21(25-24-18)26-11-13-29-14-12-26/h2-10,15H,11-14H2,1H3,(H,23,27). The first-order valence-electron chi connectivity index (χ1n) is 9.46. The molecular weight excluding hydrogens is 368 g/mol. The molecule has 4 rings (SSSR count). The van der Waals surface area contributed by atoms with Crippen molar-refractivity contribution in [3.05, 3.63) is 66.2 Å².